The number of hydrogen-bond donors (Lipinski definition) is 2. The minimum atomic E-state index is -0.456. The van der Waals surface area contributed by atoms with Crippen molar-refractivity contribution >= 4 is 11.6 Å². The first kappa shape index (κ1) is 10.7. The predicted octanol–water partition coefficient (Wildman–Crippen LogP) is 2.98. The van der Waals surface area contributed by atoms with Crippen LogP contribution in [0.4, 0.5) is 4.39 Å². The van der Waals surface area contributed by atoms with E-state index in [4.69, 9.17) is 17.3 Å². The van der Waals surface area contributed by atoms with Crippen LogP contribution in [0, 0.1) is 11.7 Å². The predicted molar refractivity (Wildman–Crippen MR) is 57.3 cm³/mol. The van der Waals surface area contributed by atoms with Crippen molar-refractivity contribution in [3.05, 3.63) is 28.5 Å². The lowest BCUT2D eigenvalue weighted by Gasteiger charge is -2.31. The molecule has 1 saturated carbocycles. The number of phenolic OH excluding ortho intramolecular Hbond substituents is 1. The first-order valence-electron chi connectivity index (χ1n) is 5.03. The summed E-state index contributed by atoms with van der Waals surface area (Å²) in [6.07, 6.45) is 3.23. The number of nitrogens with two attached hydrogens (primary N) is 1. The molecule has 1 aliphatic carbocycles. The molecule has 1 aromatic carbocycles. The fourth-order valence-corrected chi connectivity index (χ4v) is 2.11. The monoisotopic (exact) mass is 229 g/mol. The summed E-state index contributed by atoms with van der Waals surface area (Å²) in [4.78, 5) is 0. The second-order valence-electron chi connectivity index (χ2n) is 4.04. The van der Waals surface area contributed by atoms with Crippen LogP contribution < -0.4 is 5.73 Å². The summed E-state index contributed by atoms with van der Waals surface area (Å²) < 4.78 is 13.1. The molecule has 0 saturated heterocycles. The van der Waals surface area contributed by atoms with Crippen molar-refractivity contribution in [2.24, 2.45) is 11.7 Å². The molecule has 3 N–H and O–H groups in total. The molecule has 0 amide bonds. The second-order valence-corrected chi connectivity index (χ2v) is 4.45. The lowest BCUT2D eigenvalue weighted by molar-refractivity contribution is 0.260. The summed E-state index contributed by atoms with van der Waals surface area (Å²) >= 11 is 5.68. The van der Waals surface area contributed by atoms with Gasteiger partial charge in [-0.3, -0.25) is 0 Å². The Morgan fingerprint density at radius 3 is 2.67 bits per heavy atom. The Morgan fingerprint density at radius 1 is 1.47 bits per heavy atom. The minimum Gasteiger partial charge on any atom is -0.506 e. The van der Waals surface area contributed by atoms with Crippen LogP contribution in [0.15, 0.2) is 12.1 Å². The molecule has 4 heteroatoms. The van der Waals surface area contributed by atoms with Gasteiger partial charge in [-0.15, -0.1) is 0 Å². The lowest BCUT2D eigenvalue weighted by atomic mass is 9.77. The van der Waals surface area contributed by atoms with Crippen molar-refractivity contribution in [2.75, 3.05) is 0 Å². The molecule has 0 bridgehead atoms. The van der Waals surface area contributed by atoms with Crippen LogP contribution >= 0.6 is 11.6 Å². The highest BCUT2D eigenvalue weighted by Gasteiger charge is 2.28. The van der Waals surface area contributed by atoms with Gasteiger partial charge in [0.25, 0.3) is 0 Å². The van der Waals surface area contributed by atoms with E-state index in [0.29, 0.717) is 11.5 Å². The van der Waals surface area contributed by atoms with Gasteiger partial charge in [-0.1, -0.05) is 18.0 Å². The molecule has 15 heavy (non-hydrogen) atoms. The van der Waals surface area contributed by atoms with Crippen LogP contribution in [0.3, 0.4) is 0 Å². The highest BCUT2D eigenvalue weighted by atomic mass is 35.5. The number of hydrogen-bond acceptors (Lipinski definition) is 2. The van der Waals surface area contributed by atoms with Crippen LogP contribution in [0.1, 0.15) is 30.9 Å². The van der Waals surface area contributed by atoms with Gasteiger partial charge in [0.1, 0.15) is 11.6 Å². The van der Waals surface area contributed by atoms with Crippen molar-refractivity contribution in [3.8, 4) is 5.75 Å². The van der Waals surface area contributed by atoms with E-state index < -0.39 is 5.82 Å². The maximum Gasteiger partial charge on any atom is 0.139 e. The van der Waals surface area contributed by atoms with Crippen LogP contribution in [0.2, 0.25) is 5.02 Å². The van der Waals surface area contributed by atoms with Gasteiger partial charge in [0.05, 0.1) is 5.02 Å². The fraction of sp³-hybridized carbons (Fsp3) is 0.455. The third-order valence-electron chi connectivity index (χ3n) is 3.07. The maximum absolute atomic E-state index is 13.1. The zero-order valence-electron chi connectivity index (χ0n) is 8.21. The van der Waals surface area contributed by atoms with Gasteiger partial charge in [-0.05, 0) is 30.9 Å². The normalized spacial score (nSPS) is 18.6. The molecule has 0 unspecified atom stereocenters. The first-order valence-corrected chi connectivity index (χ1v) is 5.41. The largest absolute Gasteiger partial charge is 0.506 e. The van der Waals surface area contributed by atoms with Gasteiger partial charge in [-0.2, -0.15) is 0 Å². The molecule has 2 nitrogen and oxygen atoms in total. The fourth-order valence-electron chi connectivity index (χ4n) is 1.89. The summed E-state index contributed by atoms with van der Waals surface area (Å²) in [7, 11) is 0. The highest BCUT2D eigenvalue weighted by molar-refractivity contribution is 6.32. The van der Waals surface area contributed by atoms with E-state index >= 15 is 0 Å². The molecule has 0 spiro atoms. The number of benzene rings is 1. The lowest BCUT2D eigenvalue weighted by Crippen LogP contribution is -2.27. The molecule has 82 valence electrons. The highest BCUT2D eigenvalue weighted by Crippen LogP contribution is 2.41. The Kier molecular flexibility index (Phi) is 2.85. The van der Waals surface area contributed by atoms with Gasteiger partial charge in [0.15, 0.2) is 0 Å². The second kappa shape index (κ2) is 3.99. The summed E-state index contributed by atoms with van der Waals surface area (Å²) in [6.45, 7) is 0. The van der Waals surface area contributed by atoms with Gasteiger partial charge in [0.2, 0.25) is 0 Å². The smallest absolute Gasteiger partial charge is 0.139 e. The number of aromatic hydroxyl groups is 1. The van der Waals surface area contributed by atoms with Gasteiger partial charge >= 0.3 is 0 Å². The van der Waals surface area contributed by atoms with Crippen LogP contribution in [0.25, 0.3) is 0 Å². The molecule has 1 aliphatic rings. The Morgan fingerprint density at radius 2 is 2.13 bits per heavy atom. The Bertz CT molecular complexity index is 379. The van der Waals surface area contributed by atoms with E-state index in [1.165, 1.54) is 6.07 Å². The molecule has 0 radical (unpaired) electrons. The minimum absolute atomic E-state index is 0.0276. The topological polar surface area (TPSA) is 46.2 Å². The average Bonchev–Trinajstić information content (AvgIpc) is 2.08. The molecule has 1 atom stereocenters. The quantitative estimate of drug-likeness (QED) is 0.819. The summed E-state index contributed by atoms with van der Waals surface area (Å²) in [6, 6.07) is 2.05. The zero-order chi connectivity index (χ0) is 11.0. The molecular formula is C11H13ClFNO. The van der Waals surface area contributed by atoms with E-state index in [0.717, 1.165) is 25.3 Å². The van der Waals surface area contributed by atoms with Gasteiger partial charge in [0, 0.05) is 11.6 Å². The summed E-state index contributed by atoms with van der Waals surface area (Å²) in [5, 5.41) is 9.71. The number of phenols is 1. The SMILES string of the molecule is N[C@H](c1cc(F)cc(Cl)c1O)C1CCC1. The third-order valence-corrected chi connectivity index (χ3v) is 3.36. The molecule has 0 heterocycles. The third kappa shape index (κ3) is 1.94. The Labute approximate surface area is 92.9 Å². The zero-order valence-corrected chi connectivity index (χ0v) is 8.97. The first-order chi connectivity index (χ1) is 7.09. The van der Waals surface area contributed by atoms with Crippen molar-refractivity contribution in [3.63, 3.8) is 0 Å². The van der Waals surface area contributed by atoms with Crippen molar-refractivity contribution in [1.29, 1.82) is 0 Å². The summed E-state index contributed by atoms with van der Waals surface area (Å²) in [5.41, 5.74) is 6.37. The average molecular weight is 230 g/mol. The van der Waals surface area contributed by atoms with Crippen LogP contribution in [-0.4, -0.2) is 5.11 Å². The number of halogens is 2. The van der Waals surface area contributed by atoms with Gasteiger partial charge in [-0.25, -0.2) is 4.39 Å². The molecule has 1 aromatic rings. The van der Waals surface area contributed by atoms with E-state index in [1.807, 2.05) is 0 Å². The van der Waals surface area contributed by atoms with Crippen molar-refractivity contribution in [2.45, 2.75) is 25.3 Å². The molecular weight excluding hydrogens is 217 g/mol. The molecule has 2 rings (SSSR count). The number of rotatable bonds is 2. The van der Waals surface area contributed by atoms with E-state index in [2.05, 4.69) is 0 Å². The van der Waals surface area contributed by atoms with Crippen LogP contribution in [-0.2, 0) is 0 Å². The van der Waals surface area contributed by atoms with Crippen LogP contribution in [0.5, 0.6) is 5.75 Å². The molecule has 0 aliphatic heterocycles. The van der Waals surface area contributed by atoms with Crippen molar-refractivity contribution in [1.82, 2.24) is 0 Å². The van der Waals surface area contributed by atoms with E-state index in [1.54, 1.807) is 0 Å². The standard InChI is InChI=1S/C11H13ClFNO/c12-9-5-7(13)4-8(11(9)15)10(14)6-2-1-3-6/h4-6,10,15H,1-3,14H2/t10-/m0/s1. The van der Waals surface area contributed by atoms with E-state index in [-0.39, 0.29) is 16.8 Å². The molecule has 0 aromatic heterocycles. The summed E-state index contributed by atoms with van der Waals surface area (Å²) in [5.74, 6) is -0.200. The maximum atomic E-state index is 13.1. The van der Waals surface area contributed by atoms with Crippen molar-refractivity contribution < 1.29 is 9.50 Å². The van der Waals surface area contributed by atoms with Gasteiger partial charge < -0.3 is 10.8 Å². The molecule has 1 fully saturated rings. The Hall–Kier alpha value is -0.800. The van der Waals surface area contributed by atoms with E-state index in [9.17, 15) is 9.50 Å². The Balaban J connectivity index is 2.33.